The number of likely N-dealkylation sites (tertiary alicyclic amines) is 1. The van der Waals surface area contributed by atoms with E-state index in [1.807, 2.05) is 4.90 Å². The lowest BCUT2D eigenvalue weighted by atomic mass is 9.91. The Bertz CT molecular complexity index is 597. The zero-order valence-electron chi connectivity index (χ0n) is 11.5. The fraction of sp³-hybridized carbons (Fsp3) is 0.500. The van der Waals surface area contributed by atoms with Crippen LogP contribution in [0.2, 0.25) is 0 Å². The maximum Gasteiger partial charge on any atom is 0.261 e. The van der Waals surface area contributed by atoms with E-state index in [-0.39, 0.29) is 16.8 Å². The average Bonchev–Trinajstić information content (AvgIpc) is 2.40. The highest BCUT2D eigenvalue weighted by molar-refractivity contribution is 8.13. The van der Waals surface area contributed by atoms with Crippen LogP contribution in [-0.2, 0) is 9.05 Å². The molecule has 1 aromatic carbocycles. The Labute approximate surface area is 124 Å². The Morgan fingerprint density at radius 1 is 1.25 bits per heavy atom. The minimum absolute atomic E-state index is 0.00998. The van der Waals surface area contributed by atoms with Gasteiger partial charge in [-0.05, 0) is 49.9 Å². The van der Waals surface area contributed by atoms with Gasteiger partial charge in [0.1, 0.15) is 0 Å². The van der Waals surface area contributed by atoms with Crippen LogP contribution in [0.1, 0.15) is 37.0 Å². The van der Waals surface area contributed by atoms with Crippen LogP contribution in [0.15, 0.2) is 29.2 Å². The van der Waals surface area contributed by atoms with Gasteiger partial charge in [0.15, 0.2) is 0 Å². The van der Waals surface area contributed by atoms with E-state index < -0.39 is 9.05 Å². The summed E-state index contributed by atoms with van der Waals surface area (Å²) in [5, 5.41) is 0. The van der Waals surface area contributed by atoms with Gasteiger partial charge in [0.05, 0.1) is 4.90 Å². The van der Waals surface area contributed by atoms with Crippen LogP contribution >= 0.6 is 10.7 Å². The van der Waals surface area contributed by atoms with E-state index in [2.05, 4.69) is 13.8 Å². The minimum atomic E-state index is -3.74. The number of halogens is 1. The van der Waals surface area contributed by atoms with E-state index in [9.17, 15) is 13.2 Å². The van der Waals surface area contributed by atoms with Gasteiger partial charge in [-0.3, -0.25) is 4.79 Å². The summed E-state index contributed by atoms with van der Waals surface area (Å²) in [4.78, 5) is 14.3. The Morgan fingerprint density at radius 2 is 1.85 bits per heavy atom. The van der Waals surface area contributed by atoms with Gasteiger partial charge in [0, 0.05) is 28.8 Å². The quantitative estimate of drug-likeness (QED) is 0.789. The van der Waals surface area contributed by atoms with Crippen LogP contribution < -0.4 is 0 Å². The Hall–Kier alpha value is -1.07. The van der Waals surface area contributed by atoms with Crippen molar-refractivity contribution >= 4 is 25.6 Å². The molecule has 1 aliphatic heterocycles. The number of benzene rings is 1. The molecule has 0 saturated carbocycles. The summed E-state index contributed by atoms with van der Waals surface area (Å²) in [6.07, 6.45) is 2.14. The van der Waals surface area contributed by atoms with Crippen LogP contribution in [0.5, 0.6) is 0 Å². The lowest BCUT2D eigenvalue weighted by Crippen LogP contribution is -2.46. The van der Waals surface area contributed by atoms with E-state index in [1.54, 1.807) is 0 Å². The van der Waals surface area contributed by atoms with Gasteiger partial charge in [-0.25, -0.2) is 8.42 Å². The van der Waals surface area contributed by atoms with Crippen molar-refractivity contribution in [1.82, 2.24) is 4.90 Å². The maximum absolute atomic E-state index is 12.5. The van der Waals surface area contributed by atoms with Gasteiger partial charge in [-0.1, -0.05) is 6.92 Å². The molecule has 1 saturated heterocycles. The number of nitrogens with zero attached hydrogens (tertiary/aromatic N) is 1. The van der Waals surface area contributed by atoms with Gasteiger partial charge in [0.2, 0.25) is 0 Å². The van der Waals surface area contributed by atoms with Crippen molar-refractivity contribution in [2.24, 2.45) is 5.92 Å². The predicted molar refractivity (Wildman–Crippen MR) is 78.4 cm³/mol. The molecule has 2 rings (SSSR count). The molecule has 1 fully saturated rings. The first kappa shape index (κ1) is 15.3. The van der Waals surface area contributed by atoms with Crippen molar-refractivity contribution < 1.29 is 13.2 Å². The van der Waals surface area contributed by atoms with Crippen molar-refractivity contribution in [2.75, 3.05) is 6.54 Å². The summed E-state index contributed by atoms with van der Waals surface area (Å²) < 4.78 is 22.4. The molecule has 0 N–H and O–H groups in total. The lowest BCUT2D eigenvalue weighted by molar-refractivity contribution is 0.0551. The van der Waals surface area contributed by atoms with Crippen LogP contribution in [0.3, 0.4) is 0 Å². The first-order valence-corrected chi connectivity index (χ1v) is 8.97. The standard InChI is InChI=1S/C14H18ClNO3S/c1-10-4-3-9-16(11(10)2)14(17)12-5-7-13(8-6-12)20(15,18)19/h5-8,10-11H,3-4,9H2,1-2H3. The van der Waals surface area contributed by atoms with E-state index in [1.165, 1.54) is 24.3 Å². The third kappa shape index (κ3) is 3.15. The van der Waals surface area contributed by atoms with Crippen LogP contribution in [-0.4, -0.2) is 31.8 Å². The maximum atomic E-state index is 12.5. The van der Waals surface area contributed by atoms with Crippen LogP contribution in [0.25, 0.3) is 0 Å². The second-order valence-electron chi connectivity index (χ2n) is 5.32. The average molecular weight is 316 g/mol. The topological polar surface area (TPSA) is 54.5 Å². The SMILES string of the molecule is CC1CCCN(C(=O)c2ccc(S(=O)(=O)Cl)cc2)C1C. The molecule has 110 valence electrons. The first-order valence-electron chi connectivity index (χ1n) is 6.66. The van der Waals surface area contributed by atoms with E-state index >= 15 is 0 Å². The van der Waals surface area contributed by atoms with Gasteiger partial charge >= 0.3 is 0 Å². The number of carbonyl (C=O) groups excluding carboxylic acids is 1. The molecule has 1 aromatic rings. The second kappa shape index (κ2) is 5.74. The number of rotatable bonds is 2. The molecule has 0 spiro atoms. The molecule has 1 aliphatic rings. The molecule has 2 atom stereocenters. The molecule has 4 nitrogen and oxygen atoms in total. The summed E-state index contributed by atoms with van der Waals surface area (Å²) in [6, 6.07) is 5.97. The molecule has 1 amide bonds. The summed E-state index contributed by atoms with van der Waals surface area (Å²) in [7, 11) is 1.52. The highest BCUT2D eigenvalue weighted by Gasteiger charge is 2.29. The van der Waals surface area contributed by atoms with Gasteiger partial charge in [-0.2, -0.15) is 0 Å². The van der Waals surface area contributed by atoms with Crippen molar-refractivity contribution in [3.63, 3.8) is 0 Å². The molecule has 0 aliphatic carbocycles. The van der Waals surface area contributed by atoms with Crippen molar-refractivity contribution in [3.8, 4) is 0 Å². The minimum Gasteiger partial charge on any atom is -0.336 e. The Morgan fingerprint density at radius 3 is 2.40 bits per heavy atom. The third-order valence-corrected chi connectivity index (χ3v) is 5.39. The second-order valence-corrected chi connectivity index (χ2v) is 7.89. The zero-order valence-corrected chi connectivity index (χ0v) is 13.1. The smallest absolute Gasteiger partial charge is 0.261 e. The summed E-state index contributed by atoms with van der Waals surface area (Å²) >= 11 is 0. The van der Waals surface area contributed by atoms with Crippen molar-refractivity contribution in [3.05, 3.63) is 29.8 Å². The highest BCUT2D eigenvalue weighted by atomic mass is 35.7. The molecule has 2 unspecified atom stereocenters. The van der Waals surface area contributed by atoms with E-state index in [4.69, 9.17) is 10.7 Å². The number of carbonyl (C=O) groups is 1. The Kier molecular flexibility index (Phi) is 4.39. The number of hydrogen-bond donors (Lipinski definition) is 0. The fourth-order valence-corrected chi connectivity index (χ4v) is 3.32. The molecule has 6 heteroatoms. The number of hydrogen-bond acceptors (Lipinski definition) is 3. The fourth-order valence-electron chi connectivity index (χ4n) is 2.55. The summed E-state index contributed by atoms with van der Waals surface area (Å²) in [5.41, 5.74) is 0.495. The van der Waals surface area contributed by atoms with E-state index in [0.29, 0.717) is 11.5 Å². The largest absolute Gasteiger partial charge is 0.336 e. The lowest BCUT2D eigenvalue weighted by Gasteiger charge is -2.38. The molecule has 1 heterocycles. The van der Waals surface area contributed by atoms with Gasteiger partial charge in [-0.15, -0.1) is 0 Å². The third-order valence-electron chi connectivity index (χ3n) is 4.02. The predicted octanol–water partition coefficient (Wildman–Crippen LogP) is 2.87. The van der Waals surface area contributed by atoms with Crippen molar-refractivity contribution in [1.29, 1.82) is 0 Å². The normalized spacial score (nSPS) is 23.6. The highest BCUT2D eigenvalue weighted by Crippen LogP contribution is 2.25. The monoisotopic (exact) mass is 315 g/mol. The zero-order chi connectivity index (χ0) is 14.9. The van der Waals surface area contributed by atoms with E-state index in [0.717, 1.165) is 19.4 Å². The summed E-state index contributed by atoms with van der Waals surface area (Å²) in [5.74, 6) is 0.428. The molecule has 0 radical (unpaired) electrons. The number of piperidine rings is 1. The molecular weight excluding hydrogens is 298 g/mol. The summed E-state index contributed by atoms with van der Waals surface area (Å²) in [6.45, 7) is 4.95. The Balaban J connectivity index is 2.21. The van der Waals surface area contributed by atoms with Gasteiger partial charge in [0.25, 0.3) is 15.0 Å². The molecule has 0 bridgehead atoms. The van der Waals surface area contributed by atoms with Gasteiger partial charge < -0.3 is 4.90 Å². The van der Waals surface area contributed by atoms with Crippen LogP contribution in [0.4, 0.5) is 0 Å². The van der Waals surface area contributed by atoms with Crippen LogP contribution in [0, 0.1) is 5.92 Å². The molecular formula is C14H18ClNO3S. The first-order chi connectivity index (χ1) is 9.30. The van der Waals surface area contributed by atoms with Crippen molar-refractivity contribution in [2.45, 2.75) is 37.6 Å². The molecule has 0 aromatic heterocycles. The molecule has 20 heavy (non-hydrogen) atoms. The number of amides is 1.